The molecule has 1 aliphatic rings. The Balaban J connectivity index is 2.01. The van der Waals surface area contributed by atoms with Gasteiger partial charge in [0, 0.05) is 17.0 Å². The number of carbonyl (C=O) groups excluding carboxylic acids is 1. The molecular weight excluding hydrogens is 284 g/mol. The molecule has 4 nitrogen and oxygen atoms in total. The topological polar surface area (TPSA) is 52.6 Å². The van der Waals surface area contributed by atoms with Crippen LogP contribution in [0.5, 0.6) is 0 Å². The number of amides is 1. The van der Waals surface area contributed by atoms with Crippen LogP contribution in [0.25, 0.3) is 0 Å². The molecule has 0 aliphatic carbocycles. The van der Waals surface area contributed by atoms with E-state index in [0.717, 1.165) is 29.8 Å². The number of nitrogens with zero attached hydrogens (tertiary/aromatic N) is 1. The van der Waals surface area contributed by atoms with Crippen molar-refractivity contribution in [2.75, 3.05) is 18.5 Å². The fourth-order valence-electron chi connectivity index (χ4n) is 3.01. The summed E-state index contributed by atoms with van der Waals surface area (Å²) >= 11 is 1.64. The fraction of sp³-hybridized carbons (Fsp3) is 0.688. The number of hydrogen-bond acceptors (Lipinski definition) is 4. The lowest BCUT2D eigenvalue weighted by Crippen LogP contribution is -2.50. The van der Waals surface area contributed by atoms with Crippen LogP contribution >= 0.6 is 11.3 Å². The Morgan fingerprint density at radius 2 is 2.05 bits per heavy atom. The second-order valence-corrected chi connectivity index (χ2v) is 7.30. The highest BCUT2D eigenvalue weighted by atomic mass is 32.1. The van der Waals surface area contributed by atoms with Crippen molar-refractivity contribution >= 4 is 22.2 Å². The summed E-state index contributed by atoms with van der Waals surface area (Å²) in [5.41, 5.74) is 2.42. The highest BCUT2D eigenvalue weighted by molar-refractivity contribution is 7.16. The molecule has 21 heavy (non-hydrogen) atoms. The molecular formula is C16H26N2O2S. The summed E-state index contributed by atoms with van der Waals surface area (Å²) in [7, 11) is 0. The van der Waals surface area contributed by atoms with Crippen molar-refractivity contribution in [2.45, 2.75) is 59.0 Å². The molecule has 118 valence electrons. The highest BCUT2D eigenvalue weighted by Crippen LogP contribution is 2.31. The van der Waals surface area contributed by atoms with Crippen LogP contribution in [-0.2, 0) is 4.79 Å². The van der Waals surface area contributed by atoms with Crippen molar-refractivity contribution < 1.29 is 9.90 Å². The van der Waals surface area contributed by atoms with Gasteiger partial charge in [0.2, 0.25) is 5.91 Å². The third kappa shape index (κ3) is 3.65. The van der Waals surface area contributed by atoms with Gasteiger partial charge in [-0.15, -0.1) is 11.3 Å². The Labute approximate surface area is 131 Å². The molecule has 1 saturated heterocycles. The lowest BCUT2D eigenvalue weighted by atomic mass is 9.97. The van der Waals surface area contributed by atoms with E-state index in [4.69, 9.17) is 0 Å². The summed E-state index contributed by atoms with van der Waals surface area (Å²) in [5, 5.41) is 13.5. The quantitative estimate of drug-likeness (QED) is 0.899. The molecule has 2 rings (SSSR count). The highest BCUT2D eigenvalue weighted by Gasteiger charge is 2.29. The van der Waals surface area contributed by atoms with Gasteiger partial charge in [-0.25, -0.2) is 0 Å². The van der Waals surface area contributed by atoms with Gasteiger partial charge in [-0.1, -0.05) is 6.42 Å². The molecule has 0 bridgehead atoms. The van der Waals surface area contributed by atoms with E-state index in [2.05, 4.69) is 37.9 Å². The third-order valence-corrected chi connectivity index (χ3v) is 5.90. The molecule has 1 fully saturated rings. The smallest absolute Gasteiger partial charge is 0.239 e. The zero-order chi connectivity index (χ0) is 15.6. The number of thiophene rings is 1. The van der Waals surface area contributed by atoms with Gasteiger partial charge in [-0.3, -0.25) is 9.69 Å². The van der Waals surface area contributed by atoms with Crippen molar-refractivity contribution in [1.82, 2.24) is 4.90 Å². The maximum atomic E-state index is 12.3. The predicted molar refractivity (Wildman–Crippen MR) is 88.1 cm³/mol. The van der Waals surface area contributed by atoms with Gasteiger partial charge < -0.3 is 10.4 Å². The maximum Gasteiger partial charge on any atom is 0.239 e. The number of hydrogen-bond donors (Lipinski definition) is 2. The minimum Gasteiger partial charge on any atom is -0.395 e. The predicted octanol–water partition coefficient (Wildman–Crippen LogP) is 2.85. The van der Waals surface area contributed by atoms with Gasteiger partial charge >= 0.3 is 0 Å². The zero-order valence-electron chi connectivity index (χ0n) is 13.4. The molecule has 2 unspecified atom stereocenters. The molecule has 2 N–H and O–H groups in total. The Bertz CT molecular complexity index is 513. The zero-order valence-corrected chi connectivity index (χ0v) is 14.2. The maximum absolute atomic E-state index is 12.3. The average molecular weight is 310 g/mol. The van der Waals surface area contributed by atoms with E-state index in [9.17, 15) is 9.90 Å². The number of aliphatic hydroxyl groups is 1. The summed E-state index contributed by atoms with van der Waals surface area (Å²) in [6.45, 7) is 8.85. The number of nitrogens with one attached hydrogen (secondary N) is 1. The number of rotatable bonds is 4. The second-order valence-electron chi connectivity index (χ2n) is 6.07. The van der Waals surface area contributed by atoms with Crippen molar-refractivity contribution in [1.29, 1.82) is 0 Å². The van der Waals surface area contributed by atoms with Gasteiger partial charge in [-0.2, -0.15) is 0 Å². The minimum atomic E-state index is 0.0200. The minimum absolute atomic E-state index is 0.0200. The van der Waals surface area contributed by atoms with E-state index in [1.165, 1.54) is 10.4 Å². The fourth-order valence-corrected chi connectivity index (χ4v) is 4.10. The van der Waals surface area contributed by atoms with Gasteiger partial charge in [0.15, 0.2) is 0 Å². The molecule has 0 saturated carbocycles. The first-order valence-corrected chi connectivity index (χ1v) is 8.48. The van der Waals surface area contributed by atoms with E-state index >= 15 is 0 Å². The molecule has 1 aromatic heterocycles. The lowest BCUT2D eigenvalue weighted by molar-refractivity contribution is -0.119. The normalized spacial score (nSPS) is 23.3. The molecule has 2 atom stereocenters. The molecule has 1 amide bonds. The third-order valence-electron chi connectivity index (χ3n) is 4.67. The van der Waals surface area contributed by atoms with E-state index in [1.54, 1.807) is 11.3 Å². The SMILES string of the molecule is Cc1sc(NC(=O)CN2C(C)CCCC2CO)c(C)c1C. The van der Waals surface area contributed by atoms with Crippen LogP contribution in [0.1, 0.15) is 42.2 Å². The summed E-state index contributed by atoms with van der Waals surface area (Å²) < 4.78 is 0. The Hall–Kier alpha value is -0.910. The summed E-state index contributed by atoms with van der Waals surface area (Å²) in [5.74, 6) is 0.0200. The van der Waals surface area contributed by atoms with Gasteiger partial charge in [0.1, 0.15) is 0 Å². The number of likely N-dealkylation sites (tertiary alicyclic amines) is 1. The van der Waals surface area contributed by atoms with E-state index in [-0.39, 0.29) is 18.6 Å². The summed E-state index contributed by atoms with van der Waals surface area (Å²) in [6.07, 6.45) is 3.21. The van der Waals surface area contributed by atoms with Crippen LogP contribution in [-0.4, -0.2) is 41.1 Å². The van der Waals surface area contributed by atoms with Crippen LogP contribution in [0.2, 0.25) is 0 Å². The molecule has 0 spiro atoms. The molecule has 1 aromatic rings. The molecule has 5 heteroatoms. The van der Waals surface area contributed by atoms with Crippen LogP contribution in [0.4, 0.5) is 5.00 Å². The van der Waals surface area contributed by atoms with E-state index < -0.39 is 0 Å². The van der Waals surface area contributed by atoms with Crippen molar-refractivity contribution in [3.05, 3.63) is 16.0 Å². The van der Waals surface area contributed by atoms with Crippen LogP contribution < -0.4 is 5.32 Å². The van der Waals surface area contributed by atoms with Crippen LogP contribution in [0, 0.1) is 20.8 Å². The van der Waals surface area contributed by atoms with Crippen molar-refractivity contribution in [2.24, 2.45) is 0 Å². The first-order chi connectivity index (χ1) is 9.93. The first-order valence-electron chi connectivity index (χ1n) is 7.67. The van der Waals surface area contributed by atoms with Gasteiger partial charge in [0.25, 0.3) is 0 Å². The van der Waals surface area contributed by atoms with E-state index in [0.29, 0.717) is 12.6 Å². The van der Waals surface area contributed by atoms with Crippen molar-refractivity contribution in [3.8, 4) is 0 Å². The second kappa shape index (κ2) is 6.90. The number of anilines is 1. The number of aliphatic hydroxyl groups excluding tert-OH is 1. The molecule has 0 aromatic carbocycles. The van der Waals surface area contributed by atoms with Crippen LogP contribution in [0.3, 0.4) is 0 Å². The van der Waals surface area contributed by atoms with Gasteiger partial charge in [0.05, 0.1) is 18.2 Å². The number of piperidine rings is 1. The Morgan fingerprint density at radius 1 is 1.33 bits per heavy atom. The molecule has 1 aliphatic heterocycles. The monoisotopic (exact) mass is 310 g/mol. The Kier molecular flexibility index (Phi) is 5.41. The van der Waals surface area contributed by atoms with Gasteiger partial charge in [-0.05, 0) is 51.7 Å². The number of carbonyl (C=O) groups is 1. The molecule has 0 radical (unpaired) electrons. The average Bonchev–Trinajstić information content (AvgIpc) is 2.68. The largest absolute Gasteiger partial charge is 0.395 e. The van der Waals surface area contributed by atoms with E-state index in [1.807, 2.05) is 0 Å². The Morgan fingerprint density at radius 3 is 2.62 bits per heavy atom. The molecule has 2 heterocycles. The first kappa shape index (κ1) is 16.5. The number of aryl methyl sites for hydroxylation is 1. The standard InChI is InChI=1S/C16H26N2O2S/c1-10-6-5-7-14(9-19)18(10)8-15(20)17-16-12(3)11(2)13(4)21-16/h10,14,19H,5-9H2,1-4H3,(H,17,20). The lowest BCUT2D eigenvalue weighted by Gasteiger charge is -2.39. The summed E-state index contributed by atoms with van der Waals surface area (Å²) in [6, 6.07) is 0.474. The summed E-state index contributed by atoms with van der Waals surface area (Å²) in [4.78, 5) is 15.7. The van der Waals surface area contributed by atoms with Crippen LogP contribution in [0.15, 0.2) is 0 Å². The van der Waals surface area contributed by atoms with Crippen molar-refractivity contribution in [3.63, 3.8) is 0 Å².